The van der Waals surface area contributed by atoms with Gasteiger partial charge in [-0.25, -0.2) is 4.98 Å². The minimum Gasteiger partial charge on any atom is -0.497 e. The highest BCUT2D eigenvalue weighted by molar-refractivity contribution is 9.10. The number of fused-ring (bicyclic) bond motifs is 1. The highest BCUT2D eigenvalue weighted by atomic mass is 79.9. The molecule has 2 heterocycles. The average Bonchev–Trinajstić information content (AvgIpc) is 3.18. The lowest BCUT2D eigenvalue weighted by molar-refractivity contribution is 0.0822. The first kappa shape index (κ1) is 21.1. The zero-order chi connectivity index (χ0) is 21.8. The Labute approximate surface area is 187 Å². The lowest BCUT2D eigenvalue weighted by Crippen LogP contribution is -2.19. The van der Waals surface area contributed by atoms with Gasteiger partial charge in [0.1, 0.15) is 11.6 Å². The molecule has 160 valence electrons. The van der Waals surface area contributed by atoms with Gasteiger partial charge in [0.2, 0.25) is 5.95 Å². The van der Waals surface area contributed by atoms with E-state index in [0.29, 0.717) is 18.3 Å². The second kappa shape index (κ2) is 9.34. The summed E-state index contributed by atoms with van der Waals surface area (Å²) in [5.41, 5.74) is 2.68. The summed E-state index contributed by atoms with van der Waals surface area (Å²) in [5.74, 6) is 1.87. The van der Waals surface area contributed by atoms with Crippen molar-refractivity contribution in [3.63, 3.8) is 0 Å². The Morgan fingerprint density at radius 2 is 1.87 bits per heavy atom. The number of aliphatic hydroxyl groups is 2. The Kier molecular flexibility index (Phi) is 6.36. The molecule has 0 amide bonds. The van der Waals surface area contributed by atoms with Crippen LogP contribution in [0.15, 0.2) is 65.4 Å². The molecule has 0 spiro atoms. The maximum Gasteiger partial charge on any atom is 0.229 e. The molecule has 0 fully saturated rings. The van der Waals surface area contributed by atoms with Gasteiger partial charge in [-0.15, -0.1) is 0 Å². The van der Waals surface area contributed by atoms with Gasteiger partial charge in [0, 0.05) is 34.7 Å². The molecule has 0 bridgehead atoms. The lowest BCUT2D eigenvalue weighted by atomic mass is 10.2. The molecule has 4 N–H and O–H groups in total. The van der Waals surface area contributed by atoms with Crippen LogP contribution in [-0.2, 0) is 6.54 Å². The van der Waals surface area contributed by atoms with Crippen molar-refractivity contribution in [1.29, 1.82) is 0 Å². The lowest BCUT2D eigenvalue weighted by Gasteiger charge is -2.12. The van der Waals surface area contributed by atoms with Crippen molar-refractivity contribution in [2.45, 2.75) is 12.6 Å². The standard InChI is InChI=1S/C22H22BrN5O3/c1-31-18-5-2-15(3-6-18)25-21-19(23)11-24-22(27-21)26-16-4-7-20-14(10-16)8-9-28(20)12-17(30)13-29/h2-11,17,29-30H,12-13H2,1H3,(H2,24,25,26,27)/t17-/m0/s1. The van der Waals surface area contributed by atoms with Crippen LogP contribution >= 0.6 is 15.9 Å². The number of ether oxygens (including phenoxy) is 1. The van der Waals surface area contributed by atoms with Gasteiger partial charge in [0.25, 0.3) is 0 Å². The molecule has 4 aromatic rings. The molecule has 31 heavy (non-hydrogen) atoms. The van der Waals surface area contributed by atoms with Crippen LogP contribution in [0.5, 0.6) is 5.75 Å². The van der Waals surface area contributed by atoms with Crippen LogP contribution in [0.3, 0.4) is 0 Å². The zero-order valence-corrected chi connectivity index (χ0v) is 18.4. The van der Waals surface area contributed by atoms with E-state index in [0.717, 1.165) is 32.5 Å². The van der Waals surface area contributed by atoms with E-state index in [1.54, 1.807) is 13.3 Å². The first-order valence-corrected chi connectivity index (χ1v) is 10.4. The quantitative estimate of drug-likeness (QED) is 0.299. The summed E-state index contributed by atoms with van der Waals surface area (Å²) in [6.45, 7) is 0.0656. The number of nitrogens with zero attached hydrogens (tertiary/aromatic N) is 3. The third-order valence-corrected chi connectivity index (χ3v) is 5.32. The van der Waals surface area contributed by atoms with Crippen molar-refractivity contribution < 1.29 is 14.9 Å². The van der Waals surface area contributed by atoms with Crippen LogP contribution in [0.25, 0.3) is 10.9 Å². The minimum absolute atomic E-state index is 0.271. The third kappa shape index (κ3) is 4.96. The Morgan fingerprint density at radius 1 is 1.10 bits per heavy atom. The Morgan fingerprint density at radius 3 is 2.61 bits per heavy atom. The topological polar surface area (TPSA) is 104 Å². The van der Waals surface area contributed by atoms with Gasteiger partial charge >= 0.3 is 0 Å². The normalized spacial score (nSPS) is 12.0. The van der Waals surface area contributed by atoms with E-state index >= 15 is 0 Å². The second-order valence-corrected chi connectivity index (χ2v) is 7.80. The maximum absolute atomic E-state index is 9.70. The summed E-state index contributed by atoms with van der Waals surface area (Å²) in [7, 11) is 1.63. The molecular weight excluding hydrogens is 462 g/mol. The predicted molar refractivity (Wildman–Crippen MR) is 124 cm³/mol. The number of aliphatic hydroxyl groups excluding tert-OH is 2. The van der Waals surface area contributed by atoms with Crippen LogP contribution < -0.4 is 15.4 Å². The van der Waals surface area contributed by atoms with Gasteiger partial charge in [0.15, 0.2) is 0 Å². The first-order valence-electron chi connectivity index (χ1n) is 9.64. The molecule has 0 aliphatic rings. The van der Waals surface area contributed by atoms with E-state index < -0.39 is 6.10 Å². The molecule has 0 unspecified atom stereocenters. The van der Waals surface area contributed by atoms with Crippen molar-refractivity contribution in [1.82, 2.24) is 14.5 Å². The van der Waals surface area contributed by atoms with Crippen LogP contribution in [0.2, 0.25) is 0 Å². The molecule has 2 aromatic carbocycles. The summed E-state index contributed by atoms with van der Waals surface area (Å²) in [6, 6.07) is 15.4. The van der Waals surface area contributed by atoms with Crippen LogP contribution in [-0.4, -0.2) is 44.6 Å². The zero-order valence-electron chi connectivity index (χ0n) is 16.8. The number of hydrogen-bond acceptors (Lipinski definition) is 7. The summed E-state index contributed by atoms with van der Waals surface area (Å²) >= 11 is 3.48. The Balaban J connectivity index is 1.52. The number of rotatable bonds is 8. The smallest absolute Gasteiger partial charge is 0.229 e. The first-order chi connectivity index (χ1) is 15.1. The molecule has 4 rings (SSSR count). The van der Waals surface area contributed by atoms with Crippen molar-refractivity contribution in [2.24, 2.45) is 0 Å². The Hall–Kier alpha value is -3.14. The van der Waals surface area contributed by atoms with E-state index in [1.807, 2.05) is 59.3 Å². The van der Waals surface area contributed by atoms with E-state index in [1.165, 1.54) is 0 Å². The Bertz CT molecular complexity index is 1180. The van der Waals surface area contributed by atoms with Crippen molar-refractivity contribution in [3.05, 3.63) is 65.4 Å². The van der Waals surface area contributed by atoms with Crippen molar-refractivity contribution in [3.8, 4) is 5.75 Å². The van der Waals surface area contributed by atoms with Crippen LogP contribution in [0.4, 0.5) is 23.1 Å². The third-order valence-electron chi connectivity index (χ3n) is 4.74. The maximum atomic E-state index is 9.70. The molecule has 0 saturated heterocycles. The molecule has 0 aliphatic heterocycles. The van der Waals surface area contributed by atoms with Crippen LogP contribution in [0.1, 0.15) is 0 Å². The number of hydrogen-bond donors (Lipinski definition) is 4. The molecule has 0 saturated carbocycles. The minimum atomic E-state index is -0.791. The van der Waals surface area contributed by atoms with Crippen molar-refractivity contribution in [2.75, 3.05) is 24.4 Å². The van der Waals surface area contributed by atoms with Gasteiger partial charge in [0.05, 0.1) is 30.8 Å². The monoisotopic (exact) mass is 483 g/mol. The molecule has 0 aliphatic carbocycles. The average molecular weight is 484 g/mol. The number of nitrogens with one attached hydrogen (secondary N) is 2. The molecule has 9 heteroatoms. The number of aromatic nitrogens is 3. The highest BCUT2D eigenvalue weighted by Gasteiger charge is 2.09. The van der Waals surface area contributed by atoms with E-state index in [9.17, 15) is 5.11 Å². The number of anilines is 4. The van der Waals surface area contributed by atoms with Gasteiger partial charge in [-0.2, -0.15) is 4.98 Å². The predicted octanol–water partition coefficient (Wildman–Crippen LogP) is 4.04. The van der Waals surface area contributed by atoms with Gasteiger partial charge in [-0.3, -0.25) is 0 Å². The highest BCUT2D eigenvalue weighted by Crippen LogP contribution is 2.27. The van der Waals surface area contributed by atoms with Crippen molar-refractivity contribution >= 4 is 50.0 Å². The van der Waals surface area contributed by atoms with E-state index in [2.05, 4.69) is 36.5 Å². The molecule has 2 aromatic heterocycles. The summed E-state index contributed by atoms with van der Waals surface area (Å²) in [4.78, 5) is 8.91. The number of methoxy groups -OCH3 is 1. The molecule has 0 radical (unpaired) electrons. The fourth-order valence-electron chi connectivity index (χ4n) is 3.18. The molecule has 1 atom stereocenters. The summed E-state index contributed by atoms with van der Waals surface area (Å²) in [6.07, 6.45) is 2.79. The molecule has 8 nitrogen and oxygen atoms in total. The molecular formula is C22H22BrN5O3. The number of benzene rings is 2. The number of halogens is 1. The summed E-state index contributed by atoms with van der Waals surface area (Å²) < 4.78 is 7.84. The fraction of sp³-hybridized carbons (Fsp3) is 0.182. The van der Waals surface area contributed by atoms with Gasteiger partial charge in [-0.1, -0.05) is 0 Å². The summed E-state index contributed by atoms with van der Waals surface area (Å²) in [5, 5.41) is 26.3. The van der Waals surface area contributed by atoms with Crippen LogP contribution in [0, 0.1) is 0 Å². The van der Waals surface area contributed by atoms with Gasteiger partial charge < -0.3 is 30.2 Å². The van der Waals surface area contributed by atoms with E-state index in [-0.39, 0.29) is 6.61 Å². The largest absolute Gasteiger partial charge is 0.497 e. The fourth-order valence-corrected chi connectivity index (χ4v) is 3.47. The van der Waals surface area contributed by atoms with Gasteiger partial charge in [-0.05, 0) is 64.5 Å². The SMILES string of the molecule is COc1ccc(Nc2nc(Nc3ccc4c(ccn4C[C@H](O)CO)c3)ncc2Br)cc1. The van der Waals surface area contributed by atoms with E-state index in [4.69, 9.17) is 9.84 Å². The second-order valence-electron chi connectivity index (χ2n) is 6.95.